The summed E-state index contributed by atoms with van der Waals surface area (Å²) in [5.74, 6) is -0.321. The van der Waals surface area contributed by atoms with Crippen LogP contribution in [0.3, 0.4) is 0 Å². The molecule has 0 aliphatic carbocycles. The fraction of sp³-hybridized carbons (Fsp3) is 0.469. The lowest BCUT2D eigenvalue weighted by Gasteiger charge is -2.19. The molecule has 10 nitrogen and oxygen atoms in total. The Morgan fingerprint density at radius 1 is 0.930 bits per heavy atom. The zero-order chi connectivity index (χ0) is 31.5. The lowest BCUT2D eigenvalue weighted by molar-refractivity contribution is 0.0526. The molecule has 0 aliphatic heterocycles. The number of rotatable bonds is 15. The molecule has 0 aliphatic rings. The van der Waals surface area contributed by atoms with E-state index >= 15 is 0 Å². The number of fused-ring (bicyclic) bond motifs is 1. The number of H-pyrrole nitrogens is 1. The molecule has 0 saturated heterocycles. The van der Waals surface area contributed by atoms with Gasteiger partial charge >= 0.3 is 6.09 Å². The van der Waals surface area contributed by atoms with Gasteiger partial charge in [-0.1, -0.05) is 50.7 Å². The minimum Gasteiger partial charge on any atom is -0.444 e. The lowest BCUT2D eigenvalue weighted by Crippen LogP contribution is -2.32. The highest BCUT2D eigenvalue weighted by atomic mass is 32.2. The summed E-state index contributed by atoms with van der Waals surface area (Å²) >= 11 is 0. The number of unbranched alkanes of at least 4 members (excludes halogenated alkanes) is 7. The first-order chi connectivity index (χ1) is 20.4. The number of aryl methyl sites for hydroxylation is 1. The number of hydrogen-bond donors (Lipinski definition) is 4. The summed E-state index contributed by atoms with van der Waals surface area (Å²) in [5, 5.41) is 15.7. The number of aromatic nitrogens is 1. The van der Waals surface area contributed by atoms with Crippen LogP contribution in [0.1, 0.15) is 93.6 Å². The Labute approximate surface area is 254 Å². The van der Waals surface area contributed by atoms with Crippen molar-refractivity contribution in [1.29, 1.82) is 5.26 Å². The number of nitrogens with one attached hydrogen (secondary N) is 4. The number of ether oxygens (including phenoxy) is 1. The number of sulfonamides is 1. The number of anilines is 1. The van der Waals surface area contributed by atoms with Gasteiger partial charge in [-0.3, -0.25) is 9.52 Å². The monoisotopic (exact) mass is 609 g/mol. The van der Waals surface area contributed by atoms with Gasteiger partial charge in [0, 0.05) is 30.2 Å². The maximum absolute atomic E-state index is 13.2. The molecule has 0 radical (unpaired) electrons. The minimum atomic E-state index is -3.98. The lowest BCUT2D eigenvalue weighted by atomic mass is 10.1. The van der Waals surface area contributed by atoms with Crippen LogP contribution in [-0.2, 0) is 14.8 Å². The Morgan fingerprint density at radius 3 is 2.19 bits per heavy atom. The van der Waals surface area contributed by atoms with E-state index in [-0.39, 0.29) is 22.5 Å². The van der Waals surface area contributed by atoms with Gasteiger partial charge in [0.25, 0.3) is 15.9 Å². The van der Waals surface area contributed by atoms with Crippen LogP contribution in [0.15, 0.2) is 47.5 Å². The highest BCUT2D eigenvalue weighted by molar-refractivity contribution is 7.92. The summed E-state index contributed by atoms with van der Waals surface area (Å²) in [7, 11) is -3.98. The predicted octanol–water partition coefficient (Wildman–Crippen LogP) is 6.52. The number of hydrogen-bond acceptors (Lipinski definition) is 6. The molecule has 4 N–H and O–H groups in total. The summed E-state index contributed by atoms with van der Waals surface area (Å²) < 4.78 is 34.1. The average molecular weight is 610 g/mol. The van der Waals surface area contributed by atoms with Crippen molar-refractivity contribution in [3.05, 3.63) is 59.3 Å². The molecule has 3 rings (SSSR count). The zero-order valence-electron chi connectivity index (χ0n) is 25.5. The third-order valence-electron chi connectivity index (χ3n) is 6.87. The van der Waals surface area contributed by atoms with Crippen LogP contribution in [0.25, 0.3) is 10.9 Å². The minimum absolute atomic E-state index is 0.0263. The van der Waals surface area contributed by atoms with Crippen LogP contribution in [0.2, 0.25) is 0 Å². The Bertz CT molecular complexity index is 1550. The van der Waals surface area contributed by atoms with Crippen LogP contribution in [0.4, 0.5) is 10.5 Å². The van der Waals surface area contributed by atoms with E-state index in [9.17, 15) is 23.3 Å². The van der Waals surface area contributed by atoms with E-state index in [0.717, 1.165) is 56.9 Å². The number of alkyl carbamates (subject to hydrolysis) is 1. The topological polar surface area (TPSA) is 153 Å². The SMILES string of the molecule is Cc1ccc(NS(=O)(=O)c2cccc(C(=O)NCCCCCCCCCCNC(=O)OC(C)(C)C)c2)c2[nH]cc(C#N)c12. The molecular weight excluding hydrogens is 566 g/mol. The molecule has 43 heavy (non-hydrogen) atoms. The second-order valence-corrected chi connectivity index (χ2v) is 13.3. The number of carbonyl (C=O) groups is 2. The number of amides is 2. The van der Waals surface area contributed by atoms with Crippen molar-refractivity contribution in [1.82, 2.24) is 15.6 Å². The van der Waals surface area contributed by atoms with E-state index in [1.807, 2.05) is 27.7 Å². The molecule has 1 heterocycles. The molecule has 232 valence electrons. The van der Waals surface area contributed by atoms with E-state index in [0.29, 0.717) is 35.2 Å². The zero-order valence-corrected chi connectivity index (χ0v) is 26.3. The maximum Gasteiger partial charge on any atom is 0.407 e. The smallest absolute Gasteiger partial charge is 0.407 e. The van der Waals surface area contributed by atoms with E-state index < -0.39 is 15.6 Å². The molecule has 0 bridgehead atoms. The predicted molar refractivity (Wildman–Crippen MR) is 169 cm³/mol. The van der Waals surface area contributed by atoms with Crippen molar-refractivity contribution in [2.45, 2.75) is 89.6 Å². The Hall–Kier alpha value is -4.04. The first-order valence-electron chi connectivity index (χ1n) is 14.8. The Morgan fingerprint density at radius 2 is 1.56 bits per heavy atom. The van der Waals surface area contributed by atoms with Crippen LogP contribution in [-0.4, -0.2) is 44.1 Å². The molecular formula is C32H43N5O5S. The Kier molecular flexibility index (Phi) is 12.0. The summed E-state index contributed by atoms with van der Waals surface area (Å²) in [6.07, 6.45) is 9.44. The summed E-state index contributed by atoms with van der Waals surface area (Å²) in [4.78, 5) is 27.3. The second kappa shape index (κ2) is 15.4. The second-order valence-electron chi connectivity index (χ2n) is 11.6. The third kappa shape index (κ3) is 10.3. The van der Waals surface area contributed by atoms with Crippen molar-refractivity contribution in [3.63, 3.8) is 0 Å². The molecule has 11 heteroatoms. The molecule has 2 amide bonds. The normalized spacial score (nSPS) is 11.6. The standard InChI is InChI=1S/C32H43N5O5S/c1-23-16-17-27(29-28(23)25(21-33)22-36-29)37-43(40,41)26-15-13-14-24(20-26)30(38)34-18-11-9-7-5-6-8-10-12-19-35-31(39)42-32(2,3)4/h13-17,20,22,36-37H,5-12,18-19H2,1-4H3,(H,34,38)(H,35,39). The van der Waals surface area contributed by atoms with Crippen LogP contribution >= 0.6 is 0 Å². The van der Waals surface area contributed by atoms with Gasteiger partial charge in [-0.25, -0.2) is 13.2 Å². The van der Waals surface area contributed by atoms with Gasteiger partial charge in [-0.2, -0.15) is 5.26 Å². The molecule has 3 aromatic rings. The number of benzene rings is 2. The Balaban J connectivity index is 1.36. The molecule has 0 spiro atoms. The van der Waals surface area contributed by atoms with Gasteiger partial charge in [-0.15, -0.1) is 0 Å². The van der Waals surface area contributed by atoms with E-state index in [2.05, 4.69) is 26.4 Å². The van der Waals surface area contributed by atoms with Gasteiger partial charge in [0.2, 0.25) is 0 Å². The molecule has 2 aromatic carbocycles. The number of carbonyl (C=O) groups excluding carboxylic acids is 2. The summed E-state index contributed by atoms with van der Waals surface area (Å²) in [5.41, 5.74) is 1.94. The van der Waals surface area contributed by atoms with Crippen molar-refractivity contribution >= 4 is 38.6 Å². The van der Waals surface area contributed by atoms with Gasteiger partial charge in [0.05, 0.1) is 21.7 Å². The first-order valence-corrected chi connectivity index (χ1v) is 16.3. The fourth-order valence-corrected chi connectivity index (χ4v) is 5.84. The third-order valence-corrected chi connectivity index (χ3v) is 8.24. The van der Waals surface area contributed by atoms with Crippen molar-refractivity contribution < 1.29 is 22.7 Å². The van der Waals surface area contributed by atoms with Crippen molar-refractivity contribution in [3.8, 4) is 6.07 Å². The highest BCUT2D eigenvalue weighted by Gasteiger charge is 2.19. The first kappa shape index (κ1) is 33.5. The van der Waals surface area contributed by atoms with Crippen LogP contribution in [0, 0.1) is 18.3 Å². The number of nitrogens with zero attached hydrogens (tertiary/aromatic N) is 1. The van der Waals surface area contributed by atoms with E-state index in [1.165, 1.54) is 12.1 Å². The average Bonchev–Trinajstić information content (AvgIpc) is 3.40. The molecule has 0 saturated carbocycles. The van der Waals surface area contributed by atoms with E-state index in [4.69, 9.17) is 4.74 Å². The van der Waals surface area contributed by atoms with E-state index in [1.54, 1.807) is 30.5 Å². The maximum atomic E-state index is 13.2. The van der Waals surface area contributed by atoms with Crippen molar-refractivity contribution in [2.75, 3.05) is 17.8 Å². The van der Waals surface area contributed by atoms with Gasteiger partial charge in [0.15, 0.2) is 0 Å². The van der Waals surface area contributed by atoms with Gasteiger partial charge < -0.3 is 20.4 Å². The molecule has 1 aromatic heterocycles. The molecule has 0 atom stereocenters. The number of aromatic amines is 1. The largest absolute Gasteiger partial charge is 0.444 e. The molecule has 0 fully saturated rings. The molecule has 0 unspecified atom stereocenters. The summed E-state index contributed by atoms with van der Waals surface area (Å²) in [6.45, 7) is 8.52. The van der Waals surface area contributed by atoms with Crippen molar-refractivity contribution in [2.24, 2.45) is 0 Å². The van der Waals surface area contributed by atoms with Crippen LogP contribution < -0.4 is 15.4 Å². The fourth-order valence-electron chi connectivity index (χ4n) is 4.72. The summed E-state index contributed by atoms with van der Waals surface area (Å²) in [6, 6.07) is 11.5. The number of nitriles is 1. The highest BCUT2D eigenvalue weighted by Crippen LogP contribution is 2.30. The van der Waals surface area contributed by atoms with Gasteiger partial charge in [-0.05, 0) is 70.4 Å². The van der Waals surface area contributed by atoms with Gasteiger partial charge in [0.1, 0.15) is 11.7 Å². The quantitative estimate of drug-likeness (QED) is 0.144. The van der Waals surface area contributed by atoms with Crippen LogP contribution in [0.5, 0.6) is 0 Å².